The third-order valence-electron chi connectivity index (χ3n) is 5.05. The highest BCUT2D eigenvalue weighted by atomic mass is 15.3. The molecule has 0 aromatic carbocycles. The van der Waals surface area contributed by atoms with Crippen molar-refractivity contribution in [3.05, 3.63) is 12.2 Å². The van der Waals surface area contributed by atoms with Gasteiger partial charge < -0.3 is 5.32 Å². The zero-order chi connectivity index (χ0) is 14.6. The smallest absolute Gasteiger partial charge is 0.138 e. The Hall–Kier alpha value is -0.940. The molecule has 1 atom stereocenters. The van der Waals surface area contributed by atoms with Gasteiger partial charge >= 0.3 is 0 Å². The number of rotatable bonds is 7. The van der Waals surface area contributed by atoms with Gasteiger partial charge in [-0.1, -0.05) is 26.7 Å². The lowest BCUT2D eigenvalue weighted by Crippen LogP contribution is -2.60. The van der Waals surface area contributed by atoms with Crippen molar-refractivity contribution in [1.82, 2.24) is 25.0 Å². The Morgan fingerprint density at radius 2 is 2.00 bits per heavy atom. The summed E-state index contributed by atoms with van der Waals surface area (Å²) in [5.41, 5.74) is 0.282. The summed E-state index contributed by atoms with van der Waals surface area (Å²) in [4.78, 5) is 7.06. The van der Waals surface area contributed by atoms with Crippen LogP contribution in [0.15, 0.2) is 6.33 Å². The molecular weight excluding hydrogens is 250 g/mol. The first-order valence-electron chi connectivity index (χ1n) is 7.93. The number of aromatic nitrogens is 3. The minimum atomic E-state index is 0.282. The summed E-state index contributed by atoms with van der Waals surface area (Å²) in [6.45, 7) is 6.79. The molecule has 5 heteroatoms. The summed E-state index contributed by atoms with van der Waals surface area (Å²) in [6.07, 6.45) is 7.86. The van der Waals surface area contributed by atoms with Gasteiger partial charge in [-0.15, -0.1) is 0 Å². The highest BCUT2D eigenvalue weighted by Crippen LogP contribution is 2.38. The average molecular weight is 279 g/mol. The topological polar surface area (TPSA) is 46.0 Å². The molecule has 114 valence electrons. The molecule has 1 saturated carbocycles. The summed E-state index contributed by atoms with van der Waals surface area (Å²) >= 11 is 0. The molecule has 1 aliphatic rings. The van der Waals surface area contributed by atoms with E-state index in [9.17, 15) is 0 Å². The molecular formula is C15H29N5. The minimum absolute atomic E-state index is 0.282. The average Bonchev–Trinajstić information content (AvgIpc) is 3.08. The summed E-state index contributed by atoms with van der Waals surface area (Å²) in [5.74, 6) is 1.07. The number of aryl methyl sites for hydroxylation is 1. The fourth-order valence-corrected chi connectivity index (χ4v) is 3.97. The number of nitrogens with zero attached hydrogens (tertiary/aromatic N) is 4. The molecule has 1 fully saturated rings. The van der Waals surface area contributed by atoms with Gasteiger partial charge in [0.05, 0.1) is 0 Å². The van der Waals surface area contributed by atoms with E-state index in [1.54, 1.807) is 6.33 Å². The van der Waals surface area contributed by atoms with E-state index >= 15 is 0 Å². The lowest BCUT2D eigenvalue weighted by Gasteiger charge is -2.46. The van der Waals surface area contributed by atoms with E-state index in [4.69, 9.17) is 0 Å². The minimum Gasteiger partial charge on any atom is -0.315 e. The molecule has 1 aliphatic carbocycles. The van der Waals surface area contributed by atoms with E-state index in [0.29, 0.717) is 6.04 Å². The van der Waals surface area contributed by atoms with Crippen LogP contribution in [0.1, 0.15) is 45.4 Å². The summed E-state index contributed by atoms with van der Waals surface area (Å²) in [6, 6.07) is 0.438. The van der Waals surface area contributed by atoms with Gasteiger partial charge in [0, 0.05) is 25.0 Å². The summed E-state index contributed by atoms with van der Waals surface area (Å²) in [7, 11) is 4.07. The fraction of sp³-hybridized carbons (Fsp3) is 0.867. The molecule has 20 heavy (non-hydrogen) atoms. The lowest BCUT2D eigenvalue weighted by molar-refractivity contribution is 0.0648. The van der Waals surface area contributed by atoms with E-state index in [1.165, 1.54) is 25.7 Å². The molecule has 1 heterocycles. The number of nitrogens with one attached hydrogen (secondary N) is 1. The zero-order valence-electron chi connectivity index (χ0n) is 13.4. The van der Waals surface area contributed by atoms with Crippen LogP contribution in [0.25, 0.3) is 0 Å². The van der Waals surface area contributed by atoms with Crippen LogP contribution in [0.5, 0.6) is 0 Å². The Kier molecular flexibility index (Phi) is 5.16. The Balaban J connectivity index is 2.23. The maximum atomic E-state index is 4.41. The number of hydrogen-bond donors (Lipinski definition) is 1. The Morgan fingerprint density at radius 1 is 1.35 bits per heavy atom. The normalized spacial score (nSPS) is 19.6. The van der Waals surface area contributed by atoms with Crippen LogP contribution >= 0.6 is 0 Å². The molecule has 1 N–H and O–H groups in total. The van der Waals surface area contributed by atoms with Crippen LogP contribution < -0.4 is 5.32 Å². The Morgan fingerprint density at radius 3 is 2.45 bits per heavy atom. The summed E-state index contributed by atoms with van der Waals surface area (Å²) < 4.78 is 1.90. The number of likely N-dealkylation sites (N-methyl/N-ethyl adjacent to an activating group) is 2. The highest BCUT2D eigenvalue weighted by Gasteiger charge is 2.44. The second-order valence-electron chi connectivity index (χ2n) is 5.83. The van der Waals surface area contributed by atoms with Gasteiger partial charge in [0.1, 0.15) is 12.2 Å². The maximum absolute atomic E-state index is 4.41. The van der Waals surface area contributed by atoms with Crippen molar-refractivity contribution >= 4 is 0 Å². The van der Waals surface area contributed by atoms with Gasteiger partial charge in [-0.05, 0) is 33.0 Å². The van der Waals surface area contributed by atoms with Crippen molar-refractivity contribution in [3.63, 3.8) is 0 Å². The van der Waals surface area contributed by atoms with Crippen LogP contribution in [-0.2, 0) is 13.5 Å². The van der Waals surface area contributed by atoms with E-state index in [0.717, 1.165) is 25.3 Å². The van der Waals surface area contributed by atoms with Crippen molar-refractivity contribution in [2.45, 2.75) is 57.5 Å². The van der Waals surface area contributed by atoms with Crippen LogP contribution in [0.4, 0.5) is 0 Å². The first kappa shape index (κ1) is 15.4. The third-order valence-corrected chi connectivity index (χ3v) is 5.05. The highest BCUT2D eigenvalue weighted by molar-refractivity contribution is 5.06. The quantitative estimate of drug-likeness (QED) is 0.823. The summed E-state index contributed by atoms with van der Waals surface area (Å²) in [5, 5.41) is 7.78. The van der Waals surface area contributed by atoms with Crippen molar-refractivity contribution in [2.75, 3.05) is 20.1 Å². The van der Waals surface area contributed by atoms with Crippen LogP contribution in [0.3, 0.4) is 0 Å². The van der Waals surface area contributed by atoms with Gasteiger partial charge in [-0.3, -0.25) is 9.58 Å². The van der Waals surface area contributed by atoms with E-state index in [-0.39, 0.29) is 5.54 Å². The molecule has 0 amide bonds. The van der Waals surface area contributed by atoms with Gasteiger partial charge in [0.25, 0.3) is 0 Å². The molecule has 5 nitrogen and oxygen atoms in total. The van der Waals surface area contributed by atoms with Crippen molar-refractivity contribution < 1.29 is 0 Å². The largest absolute Gasteiger partial charge is 0.315 e. The molecule has 2 rings (SSSR count). The molecule has 1 aromatic heterocycles. The van der Waals surface area contributed by atoms with Crippen LogP contribution in [0.2, 0.25) is 0 Å². The second-order valence-corrected chi connectivity index (χ2v) is 5.83. The monoisotopic (exact) mass is 279 g/mol. The molecule has 0 aliphatic heterocycles. The molecule has 1 aromatic rings. The van der Waals surface area contributed by atoms with Gasteiger partial charge in [-0.25, -0.2) is 4.98 Å². The van der Waals surface area contributed by atoms with Gasteiger partial charge in [0.2, 0.25) is 0 Å². The fourth-order valence-electron chi connectivity index (χ4n) is 3.97. The van der Waals surface area contributed by atoms with E-state index in [2.05, 4.69) is 41.2 Å². The second kappa shape index (κ2) is 6.68. The first-order valence-corrected chi connectivity index (χ1v) is 7.93. The van der Waals surface area contributed by atoms with Crippen molar-refractivity contribution in [1.29, 1.82) is 0 Å². The molecule has 0 saturated heterocycles. The van der Waals surface area contributed by atoms with Crippen LogP contribution in [0, 0.1) is 0 Å². The Labute approximate surface area is 122 Å². The lowest BCUT2D eigenvalue weighted by atomic mass is 9.83. The van der Waals surface area contributed by atoms with Gasteiger partial charge in [0.15, 0.2) is 0 Å². The molecule has 0 spiro atoms. The molecule has 1 unspecified atom stereocenters. The predicted molar refractivity (Wildman–Crippen MR) is 81.7 cm³/mol. The standard InChI is InChI=1S/C15H29N5/c1-5-20(6-2)15(9-7-8-10-15)13(16-3)11-14-17-12-18-19(14)4/h12-13,16H,5-11H2,1-4H3. The third kappa shape index (κ3) is 2.74. The van der Waals surface area contributed by atoms with Gasteiger partial charge in [-0.2, -0.15) is 5.10 Å². The zero-order valence-corrected chi connectivity index (χ0v) is 13.4. The SMILES string of the molecule is CCN(CC)C1(C(Cc2ncnn2C)NC)CCCC1. The molecule has 0 radical (unpaired) electrons. The number of hydrogen-bond acceptors (Lipinski definition) is 4. The van der Waals surface area contributed by atoms with E-state index in [1.807, 2.05) is 11.7 Å². The van der Waals surface area contributed by atoms with Crippen molar-refractivity contribution in [2.24, 2.45) is 7.05 Å². The molecule has 0 bridgehead atoms. The predicted octanol–water partition coefficient (Wildman–Crippen LogP) is 1.60. The Bertz CT molecular complexity index is 404. The van der Waals surface area contributed by atoms with E-state index < -0.39 is 0 Å². The maximum Gasteiger partial charge on any atom is 0.138 e. The van der Waals surface area contributed by atoms with Crippen LogP contribution in [-0.4, -0.2) is 51.4 Å². The first-order chi connectivity index (χ1) is 9.67. The van der Waals surface area contributed by atoms with Crippen molar-refractivity contribution in [3.8, 4) is 0 Å².